The van der Waals surface area contributed by atoms with E-state index in [-0.39, 0.29) is 0 Å². The number of rotatable bonds is 5. The Labute approximate surface area is 156 Å². The minimum Gasteiger partial charge on any atom is -0.346 e. The van der Waals surface area contributed by atoms with Crippen LogP contribution in [0.15, 0.2) is 60.7 Å². The molecule has 3 nitrogen and oxygen atoms in total. The number of piperidine rings is 1. The maximum absolute atomic E-state index is 5.78. The molecule has 1 fully saturated rings. The predicted molar refractivity (Wildman–Crippen MR) is 110 cm³/mol. The Hall–Kier alpha value is -1.91. The first-order valence-corrected chi connectivity index (χ1v) is 9.48. The lowest BCUT2D eigenvalue weighted by Gasteiger charge is -2.39. The largest absolute Gasteiger partial charge is 0.346 e. The van der Waals surface area contributed by atoms with Gasteiger partial charge in [-0.05, 0) is 69.3 Å². The van der Waals surface area contributed by atoms with Gasteiger partial charge in [0.1, 0.15) is 0 Å². The molecular weight excluding hydrogens is 326 g/mol. The first-order valence-electron chi connectivity index (χ1n) is 9.07. The van der Waals surface area contributed by atoms with Crippen LogP contribution in [0.4, 0.5) is 5.69 Å². The van der Waals surface area contributed by atoms with Crippen molar-refractivity contribution < 1.29 is 0 Å². The van der Waals surface area contributed by atoms with Crippen LogP contribution in [0.2, 0.25) is 0 Å². The standard InChI is InChI=1S/C21H27N3S/c1-23-15-13-20(14-16-23)24(17-12-18-8-4-2-5-9-18)21(25)22-19-10-6-3-7-11-19/h2-11,20H,12-17H2,1H3,(H,22,25). The molecule has 3 rings (SSSR count). The second-order valence-electron chi connectivity index (χ2n) is 6.76. The molecule has 4 heteroatoms. The summed E-state index contributed by atoms with van der Waals surface area (Å²) in [6.07, 6.45) is 3.35. The van der Waals surface area contributed by atoms with E-state index >= 15 is 0 Å². The number of hydrogen-bond donors (Lipinski definition) is 1. The van der Waals surface area contributed by atoms with Gasteiger partial charge in [-0.3, -0.25) is 0 Å². The number of thiocarbonyl (C=S) groups is 1. The van der Waals surface area contributed by atoms with Crippen LogP contribution in [-0.2, 0) is 6.42 Å². The molecular formula is C21H27N3S. The normalized spacial score (nSPS) is 15.7. The van der Waals surface area contributed by atoms with Crippen molar-refractivity contribution in [1.29, 1.82) is 0 Å². The number of nitrogens with one attached hydrogen (secondary N) is 1. The van der Waals surface area contributed by atoms with E-state index < -0.39 is 0 Å². The van der Waals surface area contributed by atoms with Crippen LogP contribution in [0.25, 0.3) is 0 Å². The lowest BCUT2D eigenvalue weighted by atomic mass is 10.0. The summed E-state index contributed by atoms with van der Waals surface area (Å²) in [4.78, 5) is 4.81. The summed E-state index contributed by atoms with van der Waals surface area (Å²) in [5.41, 5.74) is 2.42. The summed E-state index contributed by atoms with van der Waals surface area (Å²) in [5.74, 6) is 0. The van der Waals surface area contributed by atoms with Crippen molar-refractivity contribution in [2.75, 3.05) is 32.0 Å². The number of nitrogens with zero attached hydrogens (tertiary/aromatic N) is 2. The molecule has 0 saturated carbocycles. The van der Waals surface area contributed by atoms with E-state index in [0.29, 0.717) is 6.04 Å². The van der Waals surface area contributed by atoms with E-state index in [1.54, 1.807) is 0 Å². The Morgan fingerprint density at radius 1 is 1.04 bits per heavy atom. The molecule has 0 aliphatic carbocycles. The average Bonchev–Trinajstić information content (AvgIpc) is 2.65. The lowest BCUT2D eigenvalue weighted by molar-refractivity contribution is 0.178. The zero-order valence-electron chi connectivity index (χ0n) is 14.9. The van der Waals surface area contributed by atoms with Gasteiger partial charge in [-0.25, -0.2) is 0 Å². The highest BCUT2D eigenvalue weighted by Gasteiger charge is 2.25. The number of hydrogen-bond acceptors (Lipinski definition) is 2. The molecule has 1 N–H and O–H groups in total. The minimum atomic E-state index is 0.517. The van der Waals surface area contributed by atoms with Gasteiger partial charge in [0.05, 0.1) is 0 Å². The van der Waals surface area contributed by atoms with Gasteiger partial charge < -0.3 is 15.1 Å². The zero-order valence-corrected chi connectivity index (χ0v) is 15.7. The highest BCUT2D eigenvalue weighted by molar-refractivity contribution is 7.80. The lowest BCUT2D eigenvalue weighted by Crippen LogP contribution is -2.48. The Kier molecular flexibility index (Phi) is 6.42. The molecule has 0 unspecified atom stereocenters. The van der Waals surface area contributed by atoms with Gasteiger partial charge in [-0.15, -0.1) is 0 Å². The molecule has 1 aliphatic heterocycles. The van der Waals surface area contributed by atoms with E-state index in [1.165, 1.54) is 18.4 Å². The monoisotopic (exact) mass is 353 g/mol. The molecule has 0 radical (unpaired) electrons. The summed E-state index contributed by atoms with van der Waals surface area (Å²) in [6, 6.07) is 21.4. The fraction of sp³-hybridized carbons (Fsp3) is 0.381. The van der Waals surface area contributed by atoms with Gasteiger partial charge in [0.2, 0.25) is 0 Å². The zero-order chi connectivity index (χ0) is 17.5. The molecule has 25 heavy (non-hydrogen) atoms. The molecule has 1 saturated heterocycles. The highest BCUT2D eigenvalue weighted by atomic mass is 32.1. The van der Waals surface area contributed by atoms with Crippen molar-refractivity contribution in [1.82, 2.24) is 9.80 Å². The van der Waals surface area contributed by atoms with Crippen molar-refractivity contribution in [3.8, 4) is 0 Å². The third-order valence-electron chi connectivity index (χ3n) is 4.90. The Morgan fingerprint density at radius 2 is 1.64 bits per heavy atom. The summed E-state index contributed by atoms with van der Waals surface area (Å²) in [7, 11) is 2.20. The maximum atomic E-state index is 5.78. The quantitative estimate of drug-likeness (QED) is 0.818. The predicted octanol–water partition coefficient (Wildman–Crippen LogP) is 4.02. The van der Waals surface area contributed by atoms with E-state index in [1.807, 2.05) is 18.2 Å². The van der Waals surface area contributed by atoms with Crippen molar-refractivity contribution in [2.45, 2.75) is 25.3 Å². The van der Waals surface area contributed by atoms with E-state index in [9.17, 15) is 0 Å². The highest BCUT2D eigenvalue weighted by Crippen LogP contribution is 2.18. The van der Waals surface area contributed by atoms with Crippen molar-refractivity contribution >= 4 is 23.0 Å². The second kappa shape index (κ2) is 8.97. The van der Waals surface area contributed by atoms with Crippen molar-refractivity contribution in [3.63, 3.8) is 0 Å². The number of benzene rings is 2. The topological polar surface area (TPSA) is 18.5 Å². The molecule has 1 aliphatic rings. The minimum absolute atomic E-state index is 0.517. The summed E-state index contributed by atoms with van der Waals surface area (Å²) >= 11 is 5.78. The molecule has 0 amide bonds. The van der Waals surface area contributed by atoms with Crippen LogP contribution in [0.5, 0.6) is 0 Å². The summed E-state index contributed by atoms with van der Waals surface area (Å²) in [6.45, 7) is 3.23. The van der Waals surface area contributed by atoms with Crippen LogP contribution in [0.3, 0.4) is 0 Å². The Morgan fingerprint density at radius 3 is 2.28 bits per heavy atom. The third-order valence-corrected chi connectivity index (χ3v) is 5.24. The first kappa shape index (κ1) is 17.9. The van der Waals surface area contributed by atoms with Crippen molar-refractivity contribution in [3.05, 3.63) is 66.2 Å². The molecule has 1 heterocycles. The second-order valence-corrected chi connectivity index (χ2v) is 7.15. The smallest absolute Gasteiger partial charge is 0.173 e. The average molecular weight is 354 g/mol. The summed E-state index contributed by atoms with van der Waals surface area (Å²) < 4.78 is 0. The van der Waals surface area contributed by atoms with Gasteiger partial charge in [-0.2, -0.15) is 0 Å². The molecule has 0 atom stereocenters. The van der Waals surface area contributed by atoms with E-state index in [4.69, 9.17) is 12.2 Å². The molecule has 0 aromatic heterocycles. The maximum Gasteiger partial charge on any atom is 0.173 e. The van der Waals surface area contributed by atoms with E-state index in [2.05, 4.69) is 64.6 Å². The van der Waals surface area contributed by atoms with Gasteiger partial charge in [0, 0.05) is 18.3 Å². The fourth-order valence-corrected chi connectivity index (χ4v) is 3.73. The van der Waals surface area contributed by atoms with Crippen LogP contribution in [-0.4, -0.2) is 47.6 Å². The van der Waals surface area contributed by atoms with Gasteiger partial charge >= 0.3 is 0 Å². The molecule has 0 bridgehead atoms. The summed E-state index contributed by atoms with van der Waals surface area (Å²) in [5, 5.41) is 4.27. The van der Waals surface area contributed by atoms with Crippen LogP contribution >= 0.6 is 12.2 Å². The number of likely N-dealkylation sites (tertiary alicyclic amines) is 1. The fourth-order valence-electron chi connectivity index (χ4n) is 3.37. The molecule has 0 spiro atoms. The van der Waals surface area contributed by atoms with Gasteiger partial charge in [0.25, 0.3) is 0 Å². The molecule has 2 aromatic rings. The van der Waals surface area contributed by atoms with Crippen LogP contribution < -0.4 is 5.32 Å². The third kappa shape index (κ3) is 5.28. The van der Waals surface area contributed by atoms with Crippen LogP contribution in [0, 0.1) is 0 Å². The number of anilines is 1. The Bertz CT molecular complexity index is 651. The number of para-hydroxylation sites is 1. The van der Waals surface area contributed by atoms with Crippen LogP contribution in [0.1, 0.15) is 18.4 Å². The molecule has 2 aromatic carbocycles. The molecule has 132 valence electrons. The van der Waals surface area contributed by atoms with Gasteiger partial charge in [-0.1, -0.05) is 48.5 Å². The Balaban J connectivity index is 1.68. The van der Waals surface area contributed by atoms with Crippen molar-refractivity contribution in [2.24, 2.45) is 0 Å². The van der Waals surface area contributed by atoms with E-state index in [0.717, 1.165) is 36.9 Å². The first-order chi connectivity index (χ1) is 12.2. The van der Waals surface area contributed by atoms with Gasteiger partial charge in [0.15, 0.2) is 5.11 Å². The SMILES string of the molecule is CN1CCC(N(CCc2ccccc2)C(=S)Nc2ccccc2)CC1.